The molecule has 3 aromatic rings. The maximum atomic E-state index is 13.9. The summed E-state index contributed by atoms with van der Waals surface area (Å²) in [6.07, 6.45) is 1.41. The van der Waals surface area contributed by atoms with Gasteiger partial charge in [0.1, 0.15) is 24.1 Å². The highest BCUT2D eigenvalue weighted by Gasteiger charge is 2.15. The van der Waals surface area contributed by atoms with Crippen LogP contribution in [0.25, 0.3) is 6.08 Å². The molecule has 3 aromatic carbocycles. The molecule has 0 aliphatic carbocycles. The monoisotopic (exact) mass is 522 g/mol. The van der Waals surface area contributed by atoms with Gasteiger partial charge in [-0.1, -0.05) is 30.3 Å². The van der Waals surface area contributed by atoms with Gasteiger partial charge in [-0.15, -0.1) is 0 Å². The Morgan fingerprint density at radius 1 is 1.12 bits per heavy atom. The number of rotatable bonds is 8. The second-order valence-electron chi connectivity index (χ2n) is 7.57. The first-order chi connectivity index (χ1) is 16.3. The summed E-state index contributed by atoms with van der Waals surface area (Å²) in [5.74, 6) is -0.304. The summed E-state index contributed by atoms with van der Waals surface area (Å²) in [6, 6.07) is 17.2. The van der Waals surface area contributed by atoms with E-state index in [-0.39, 0.29) is 11.3 Å². The second kappa shape index (κ2) is 11.5. The van der Waals surface area contributed by atoms with Gasteiger partial charge >= 0.3 is 0 Å². The van der Waals surface area contributed by atoms with Crippen LogP contribution >= 0.6 is 15.9 Å². The first kappa shape index (κ1) is 25.0. The molecule has 1 N–H and O–H groups in total. The van der Waals surface area contributed by atoms with Crippen LogP contribution in [-0.4, -0.2) is 12.5 Å². The van der Waals surface area contributed by atoms with Gasteiger partial charge in [0.15, 0.2) is 11.5 Å². The van der Waals surface area contributed by atoms with Crippen LogP contribution in [0.15, 0.2) is 64.6 Å². The van der Waals surface area contributed by atoms with Crippen molar-refractivity contribution in [2.45, 2.75) is 27.4 Å². The van der Waals surface area contributed by atoms with E-state index in [1.807, 2.05) is 19.1 Å². The lowest BCUT2D eigenvalue weighted by atomic mass is 10.1. The SMILES string of the molecule is CCOc1cc(/C=C(\C#N)C(=O)Nc2ccccc2F)cc(Br)c1OCc1ccc(C)c(C)c1. The zero-order valence-corrected chi connectivity index (χ0v) is 20.7. The normalized spacial score (nSPS) is 11.0. The molecule has 0 atom stereocenters. The van der Waals surface area contributed by atoms with Gasteiger partial charge in [0, 0.05) is 0 Å². The van der Waals surface area contributed by atoms with Crippen molar-refractivity contribution in [3.63, 3.8) is 0 Å². The molecule has 0 aliphatic rings. The molecule has 5 nitrogen and oxygen atoms in total. The number of hydrogen-bond acceptors (Lipinski definition) is 4. The number of nitriles is 1. The van der Waals surface area contributed by atoms with E-state index in [1.54, 1.807) is 18.2 Å². The molecule has 34 heavy (non-hydrogen) atoms. The van der Waals surface area contributed by atoms with E-state index in [0.717, 1.165) is 5.56 Å². The molecule has 0 bridgehead atoms. The number of anilines is 1. The largest absolute Gasteiger partial charge is 0.490 e. The van der Waals surface area contributed by atoms with Crippen molar-refractivity contribution in [2.24, 2.45) is 0 Å². The molecule has 0 spiro atoms. The topological polar surface area (TPSA) is 71.3 Å². The molecule has 1 amide bonds. The van der Waals surface area contributed by atoms with Crippen LogP contribution in [0.5, 0.6) is 11.5 Å². The number of carbonyl (C=O) groups is 1. The Hall–Kier alpha value is -3.63. The molecule has 0 saturated carbocycles. The Morgan fingerprint density at radius 2 is 1.88 bits per heavy atom. The smallest absolute Gasteiger partial charge is 0.266 e. The van der Waals surface area contributed by atoms with E-state index in [9.17, 15) is 14.4 Å². The van der Waals surface area contributed by atoms with Gasteiger partial charge in [0.05, 0.1) is 16.8 Å². The van der Waals surface area contributed by atoms with Crippen molar-refractivity contribution >= 4 is 33.6 Å². The Kier molecular flexibility index (Phi) is 8.44. The van der Waals surface area contributed by atoms with Crippen LogP contribution in [0.2, 0.25) is 0 Å². The van der Waals surface area contributed by atoms with Crippen LogP contribution in [0.1, 0.15) is 29.2 Å². The van der Waals surface area contributed by atoms with E-state index in [2.05, 4.69) is 47.2 Å². The van der Waals surface area contributed by atoms with E-state index < -0.39 is 11.7 Å². The predicted molar refractivity (Wildman–Crippen MR) is 134 cm³/mol. The summed E-state index contributed by atoms with van der Waals surface area (Å²) in [6.45, 7) is 6.72. The summed E-state index contributed by atoms with van der Waals surface area (Å²) in [7, 11) is 0. The average molecular weight is 523 g/mol. The van der Waals surface area contributed by atoms with Gasteiger partial charge in [-0.05, 0) is 89.3 Å². The van der Waals surface area contributed by atoms with Crippen LogP contribution in [0.4, 0.5) is 10.1 Å². The van der Waals surface area contributed by atoms with Crippen molar-refractivity contribution in [1.29, 1.82) is 5.26 Å². The predicted octanol–water partition coefficient (Wildman–Crippen LogP) is 6.73. The lowest BCUT2D eigenvalue weighted by Gasteiger charge is -2.15. The fourth-order valence-electron chi connectivity index (χ4n) is 3.19. The van der Waals surface area contributed by atoms with E-state index in [0.29, 0.717) is 34.7 Å². The highest BCUT2D eigenvalue weighted by molar-refractivity contribution is 9.10. The van der Waals surface area contributed by atoms with Gasteiger partial charge in [-0.3, -0.25) is 4.79 Å². The second-order valence-corrected chi connectivity index (χ2v) is 8.43. The number of carbonyl (C=O) groups excluding carboxylic acids is 1. The van der Waals surface area contributed by atoms with Gasteiger partial charge in [-0.25, -0.2) is 4.39 Å². The molecule has 0 aromatic heterocycles. The molecule has 0 radical (unpaired) electrons. The summed E-state index contributed by atoms with van der Waals surface area (Å²) in [5, 5.41) is 11.9. The van der Waals surface area contributed by atoms with Crippen molar-refractivity contribution in [2.75, 3.05) is 11.9 Å². The fourth-order valence-corrected chi connectivity index (χ4v) is 3.76. The fraction of sp³-hybridized carbons (Fsp3) is 0.185. The van der Waals surface area contributed by atoms with E-state index >= 15 is 0 Å². The Bertz CT molecular complexity index is 1280. The summed E-state index contributed by atoms with van der Waals surface area (Å²) in [4.78, 5) is 12.5. The molecular formula is C27H24BrFN2O3. The molecule has 0 aliphatic heterocycles. The minimum absolute atomic E-state index is 0.0000682. The number of nitrogens with one attached hydrogen (secondary N) is 1. The quantitative estimate of drug-likeness (QED) is 0.263. The number of halogens is 2. The highest BCUT2D eigenvalue weighted by Crippen LogP contribution is 2.38. The van der Waals surface area contributed by atoms with E-state index in [1.165, 1.54) is 35.4 Å². The van der Waals surface area contributed by atoms with Crippen molar-refractivity contribution in [3.05, 3.63) is 92.7 Å². The van der Waals surface area contributed by atoms with Crippen LogP contribution in [-0.2, 0) is 11.4 Å². The number of para-hydroxylation sites is 1. The third-order valence-electron chi connectivity index (χ3n) is 5.08. The number of benzene rings is 3. The molecule has 7 heteroatoms. The van der Waals surface area contributed by atoms with Gasteiger partial charge in [0.25, 0.3) is 5.91 Å². The highest BCUT2D eigenvalue weighted by atomic mass is 79.9. The number of hydrogen-bond donors (Lipinski definition) is 1. The first-order valence-corrected chi connectivity index (χ1v) is 11.4. The molecule has 3 rings (SSSR count). The van der Waals surface area contributed by atoms with E-state index in [4.69, 9.17) is 9.47 Å². The molecule has 0 heterocycles. The lowest BCUT2D eigenvalue weighted by Crippen LogP contribution is -2.14. The number of ether oxygens (including phenoxy) is 2. The minimum atomic E-state index is -0.711. The Labute approximate surface area is 207 Å². The lowest BCUT2D eigenvalue weighted by molar-refractivity contribution is -0.112. The van der Waals surface area contributed by atoms with Crippen LogP contribution < -0.4 is 14.8 Å². The van der Waals surface area contributed by atoms with Crippen molar-refractivity contribution < 1.29 is 18.7 Å². The third-order valence-corrected chi connectivity index (χ3v) is 5.67. The van der Waals surface area contributed by atoms with Gasteiger partial charge < -0.3 is 14.8 Å². The Morgan fingerprint density at radius 3 is 2.56 bits per heavy atom. The van der Waals surface area contributed by atoms with Crippen molar-refractivity contribution in [3.8, 4) is 17.6 Å². The van der Waals surface area contributed by atoms with Crippen LogP contribution in [0.3, 0.4) is 0 Å². The molecule has 0 unspecified atom stereocenters. The minimum Gasteiger partial charge on any atom is -0.490 e. The summed E-state index contributed by atoms with van der Waals surface area (Å²) >= 11 is 3.51. The van der Waals surface area contributed by atoms with Gasteiger partial charge in [0.2, 0.25) is 0 Å². The zero-order chi connectivity index (χ0) is 24.7. The summed E-state index contributed by atoms with van der Waals surface area (Å²) in [5.41, 5.74) is 3.79. The first-order valence-electron chi connectivity index (χ1n) is 10.6. The van der Waals surface area contributed by atoms with Crippen molar-refractivity contribution in [1.82, 2.24) is 0 Å². The summed E-state index contributed by atoms with van der Waals surface area (Å²) < 4.78 is 26.3. The molecular weight excluding hydrogens is 499 g/mol. The maximum Gasteiger partial charge on any atom is 0.266 e. The standard InChI is InChI=1S/C27H24BrFN2O3/c1-4-33-25-14-20(12-21(15-30)27(32)31-24-8-6-5-7-23(24)29)13-22(28)26(25)34-16-19-10-9-17(2)18(3)11-19/h5-14H,4,16H2,1-3H3,(H,31,32)/b21-12+. The van der Waals surface area contributed by atoms with Crippen LogP contribution in [0, 0.1) is 31.0 Å². The maximum absolute atomic E-state index is 13.9. The zero-order valence-electron chi connectivity index (χ0n) is 19.1. The molecule has 0 fully saturated rings. The average Bonchev–Trinajstić information content (AvgIpc) is 2.80. The number of amides is 1. The number of aryl methyl sites for hydroxylation is 2. The Balaban J connectivity index is 1.86. The third kappa shape index (κ3) is 6.24. The molecule has 174 valence electrons. The molecule has 0 saturated heterocycles. The van der Waals surface area contributed by atoms with Gasteiger partial charge in [-0.2, -0.15) is 5.26 Å². The number of nitrogens with zero attached hydrogens (tertiary/aromatic N) is 1.